The van der Waals surface area contributed by atoms with Crippen LogP contribution in [0.3, 0.4) is 0 Å². The second-order valence-electron chi connectivity index (χ2n) is 3.89. The Morgan fingerprint density at radius 2 is 2.16 bits per heavy atom. The normalized spacial score (nSPS) is 10.2. The zero-order chi connectivity index (χ0) is 13.9. The summed E-state index contributed by atoms with van der Waals surface area (Å²) in [4.78, 5) is 11.6. The van der Waals surface area contributed by atoms with E-state index in [1.807, 2.05) is 24.3 Å². The lowest BCUT2D eigenvalue weighted by atomic mass is 10.2. The molecule has 6 heteroatoms. The molecule has 0 spiro atoms. The second kappa shape index (κ2) is 9.32. The number of carbonyl (C=O) groups is 1. The predicted molar refractivity (Wildman–Crippen MR) is 74.0 cm³/mol. The molecule has 0 unspecified atom stereocenters. The third kappa shape index (κ3) is 6.76. The van der Waals surface area contributed by atoms with Crippen molar-refractivity contribution in [1.82, 2.24) is 5.32 Å². The van der Waals surface area contributed by atoms with E-state index in [1.165, 1.54) is 0 Å². The SMILES string of the molecule is COCCOCCNC(=O)Nc1cccc(CN)c1. The topological polar surface area (TPSA) is 85.6 Å². The van der Waals surface area contributed by atoms with Gasteiger partial charge >= 0.3 is 6.03 Å². The Balaban J connectivity index is 2.19. The van der Waals surface area contributed by atoms with E-state index >= 15 is 0 Å². The molecular weight excluding hydrogens is 246 g/mol. The van der Waals surface area contributed by atoms with Crippen LogP contribution in [0.2, 0.25) is 0 Å². The van der Waals surface area contributed by atoms with Crippen LogP contribution in [-0.4, -0.2) is 39.5 Å². The Morgan fingerprint density at radius 3 is 2.89 bits per heavy atom. The number of nitrogens with two attached hydrogens (primary N) is 1. The summed E-state index contributed by atoms with van der Waals surface area (Å²) >= 11 is 0. The monoisotopic (exact) mass is 267 g/mol. The number of ether oxygens (including phenoxy) is 2. The molecule has 0 bridgehead atoms. The molecule has 0 aliphatic carbocycles. The number of urea groups is 1. The van der Waals surface area contributed by atoms with E-state index in [0.29, 0.717) is 32.9 Å². The maximum atomic E-state index is 11.6. The second-order valence-corrected chi connectivity index (χ2v) is 3.89. The predicted octanol–water partition coefficient (Wildman–Crippen LogP) is 0.930. The molecule has 0 atom stereocenters. The number of carbonyl (C=O) groups excluding carboxylic acids is 1. The number of amides is 2. The standard InChI is InChI=1S/C13H21N3O3/c1-18-7-8-19-6-5-15-13(17)16-12-4-2-3-11(9-12)10-14/h2-4,9H,5-8,10,14H2,1H3,(H2,15,16,17). The number of anilines is 1. The fourth-order valence-electron chi connectivity index (χ4n) is 1.43. The van der Waals surface area contributed by atoms with Gasteiger partial charge in [-0.1, -0.05) is 12.1 Å². The highest BCUT2D eigenvalue weighted by atomic mass is 16.5. The third-order valence-electron chi connectivity index (χ3n) is 2.38. The number of methoxy groups -OCH3 is 1. The molecule has 106 valence electrons. The number of benzene rings is 1. The van der Waals surface area contributed by atoms with Crippen LogP contribution in [0.5, 0.6) is 0 Å². The summed E-state index contributed by atoms with van der Waals surface area (Å²) in [7, 11) is 1.62. The Labute approximate surface area is 113 Å². The van der Waals surface area contributed by atoms with Gasteiger partial charge in [-0.15, -0.1) is 0 Å². The number of hydrogen-bond donors (Lipinski definition) is 3. The van der Waals surface area contributed by atoms with Gasteiger partial charge in [-0.25, -0.2) is 4.79 Å². The summed E-state index contributed by atoms with van der Waals surface area (Å²) in [5.74, 6) is 0. The summed E-state index contributed by atoms with van der Waals surface area (Å²) < 4.78 is 10.1. The minimum absolute atomic E-state index is 0.260. The first kappa shape index (κ1) is 15.4. The molecule has 1 aromatic rings. The van der Waals surface area contributed by atoms with Crippen LogP contribution in [0.4, 0.5) is 10.5 Å². The average Bonchev–Trinajstić information content (AvgIpc) is 2.43. The van der Waals surface area contributed by atoms with Gasteiger partial charge in [0.15, 0.2) is 0 Å². The van der Waals surface area contributed by atoms with E-state index < -0.39 is 0 Å². The quantitative estimate of drug-likeness (QED) is 0.612. The number of hydrogen-bond acceptors (Lipinski definition) is 4. The molecule has 1 aromatic carbocycles. The van der Waals surface area contributed by atoms with Crippen LogP contribution >= 0.6 is 0 Å². The number of nitrogens with one attached hydrogen (secondary N) is 2. The van der Waals surface area contributed by atoms with Crippen molar-refractivity contribution in [3.05, 3.63) is 29.8 Å². The van der Waals surface area contributed by atoms with E-state index in [1.54, 1.807) is 7.11 Å². The van der Waals surface area contributed by atoms with Crippen molar-refractivity contribution < 1.29 is 14.3 Å². The maximum absolute atomic E-state index is 11.6. The molecule has 0 saturated heterocycles. The van der Waals surface area contributed by atoms with Crippen molar-refractivity contribution in [2.75, 3.05) is 38.8 Å². The first-order valence-corrected chi connectivity index (χ1v) is 6.17. The third-order valence-corrected chi connectivity index (χ3v) is 2.38. The van der Waals surface area contributed by atoms with E-state index in [4.69, 9.17) is 15.2 Å². The van der Waals surface area contributed by atoms with Crippen LogP contribution in [0.15, 0.2) is 24.3 Å². The van der Waals surface area contributed by atoms with Crippen molar-refractivity contribution in [2.45, 2.75) is 6.54 Å². The molecule has 4 N–H and O–H groups in total. The van der Waals surface area contributed by atoms with Gasteiger partial charge in [0.05, 0.1) is 19.8 Å². The Hall–Kier alpha value is -1.63. The van der Waals surface area contributed by atoms with Crippen LogP contribution < -0.4 is 16.4 Å². The van der Waals surface area contributed by atoms with Gasteiger partial charge in [0.1, 0.15) is 0 Å². The summed E-state index contributed by atoms with van der Waals surface area (Å²) in [6, 6.07) is 7.16. The molecule has 1 rings (SSSR count). The lowest BCUT2D eigenvalue weighted by molar-refractivity contribution is 0.0728. The fraction of sp³-hybridized carbons (Fsp3) is 0.462. The Bertz CT molecular complexity index is 385. The summed E-state index contributed by atoms with van der Waals surface area (Å²) in [5.41, 5.74) is 7.23. The van der Waals surface area contributed by atoms with Crippen LogP contribution in [0, 0.1) is 0 Å². The van der Waals surface area contributed by atoms with Gasteiger partial charge < -0.3 is 25.8 Å². The Kier molecular flexibility index (Phi) is 7.57. The highest BCUT2D eigenvalue weighted by Gasteiger charge is 2.01. The van der Waals surface area contributed by atoms with Crippen molar-refractivity contribution in [1.29, 1.82) is 0 Å². The van der Waals surface area contributed by atoms with Gasteiger partial charge in [-0.2, -0.15) is 0 Å². The molecule has 0 aliphatic rings. The van der Waals surface area contributed by atoms with Gasteiger partial charge in [-0.05, 0) is 17.7 Å². The van der Waals surface area contributed by atoms with Gasteiger partial charge in [0.2, 0.25) is 0 Å². The molecule has 0 radical (unpaired) electrons. The zero-order valence-electron chi connectivity index (χ0n) is 11.1. The Morgan fingerprint density at radius 1 is 1.32 bits per heavy atom. The first-order valence-electron chi connectivity index (χ1n) is 6.17. The molecule has 0 aliphatic heterocycles. The van der Waals surface area contributed by atoms with Crippen molar-refractivity contribution in [3.8, 4) is 0 Å². The summed E-state index contributed by atoms with van der Waals surface area (Å²) in [6.07, 6.45) is 0. The van der Waals surface area contributed by atoms with Gasteiger partial charge in [-0.3, -0.25) is 0 Å². The minimum atomic E-state index is -0.260. The van der Waals surface area contributed by atoms with Crippen molar-refractivity contribution in [3.63, 3.8) is 0 Å². The zero-order valence-corrected chi connectivity index (χ0v) is 11.1. The molecule has 0 heterocycles. The van der Waals surface area contributed by atoms with Crippen molar-refractivity contribution in [2.24, 2.45) is 5.73 Å². The summed E-state index contributed by atoms with van der Waals surface area (Å²) in [6.45, 7) is 2.44. The van der Waals surface area contributed by atoms with Crippen molar-refractivity contribution >= 4 is 11.7 Å². The lowest BCUT2D eigenvalue weighted by Crippen LogP contribution is -2.31. The van der Waals surface area contributed by atoms with E-state index in [-0.39, 0.29) is 6.03 Å². The first-order chi connectivity index (χ1) is 9.26. The van der Waals surface area contributed by atoms with Crippen LogP contribution in [-0.2, 0) is 16.0 Å². The van der Waals surface area contributed by atoms with E-state index in [9.17, 15) is 4.79 Å². The molecule has 0 aromatic heterocycles. The van der Waals surface area contributed by atoms with Crippen LogP contribution in [0.1, 0.15) is 5.56 Å². The highest BCUT2D eigenvalue weighted by molar-refractivity contribution is 5.89. The molecule has 0 fully saturated rings. The van der Waals surface area contributed by atoms with Crippen LogP contribution in [0.25, 0.3) is 0 Å². The smallest absolute Gasteiger partial charge is 0.319 e. The molecule has 2 amide bonds. The fourth-order valence-corrected chi connectivity index (χ4v) is 1.43. The van der Waals surface area contributed by atoms with Gasteiger partial charge in [0.25, 0.3) is 0 Å². The molecular formula is C13H21N3O3. The average molecular weight is 267 g/mol. The molecule has 0 saturated carbocycles. The maximum Gasteiger partial charge on any atom is 0.319 e. The minimum Gasteiger partial charge on any atom is -0.382 e. The molecule has 19 heavy (non-hydrogen) atoms. The summed E-state index contributed by atoms with van der Waals surface area (Å²) in [5, 5.41) is 5.43. The number of rotatable bonds is 8. The van der Waals surface area contributed by atoms with Gasteiger partial charge in [0, 0.05) is 25.9 Å². The largest absolute Gasteiger partial charge is 0.382 e. The molecule has 6 nitrogen and oxygen atoms in total. The van der Waals surface area contributed by atoms with E-state index in [0.717, 1.165) is 11.3 Å². The lowest BCUT2D eigenvalue weighted by Gasteiger charge is -2.09. The highest BCUT2D eigenvalue weighted by Crippen LogP contribution is 2.09. The van der Waals surface area contributed by atoms with E-state index in [2.05, 4.69) is 10.6 Å².